The van der Waals surface area contributed by atoms with Crippen LogP contribution in [-0.4, -0.2) is 25.7 Å². The molecule has 98 valence electrons. The number of rotatable bonds is 3. The van der Waals surface area contributed by atoms with Gasteiger partial charge in [-0.15, -0.1) is 0 Å². The molecule has 1 N–H and O–H groups in total. The molecule has 0 radical (unpaired) electrons. The maximum Gasteiger partial charge on any atom is 0.314 e. The third kappa shape index (κ3) is 1.92. The first-order valence-electron chi connectivity index (χ1n) is 5.82. The molecule has 0 unspecified atom stereocenters. The van der Waals surface area contributed by atoms with E-state index in [2.05, 4.69) is 0 Å². The fourth-order valence-corrected chi connectivity index (χ4v) is 3.52. The van der Waals surface area contributed by atoms with Gasteiger partial charge >= 0.3 is 5.97 Å². The molecule has 0 aromatic heterocycles. The molecular weight excluding hydrogens is 252 g/mol. The van der Waals surface area contributed by atoms with Crippen LogP contribution in [0.2, 0.25) is 0 Å². The summed E-state index contributed by atoms with van der Waals surface area (Å²) in [4.78, 5) is 11.6. The van der Waals surface area contributed by atoms with Crippen LogP contribution >= 0.6 is 0 Å². The molecule has 1 aliphatic rings. The highest BCUT2D eigenvalue weighted by molar-refractivity contribution is 7.90. The van der Waals surface area contributed by atoms with Crippen molar-refractivity contribution >= 4 is 15.8 Å². The van der Waals surface area contributed by atoms with Crippen LogP contribution in [0.4, 0.5) is 0 Å². The van der Waals surface area contributed by atoms with E-state index in [4.69, 9.17) is 0 Å². The van der Waals surface area contributed by atoms with Gasteiger partial charge in [-0.2, -0.15) is 0 Å². The van der Waals surface area contributed by atoms with Crippen molar-refractivity contribution in [3.63, 3.8) is 0 Å². The molecule has 0 bridgehead atoms. The van der Waals surface area contributed by atoms with Crippen molar-refractivity contribution in [1.29, 1.82) is 0 Å². The summed E-state index contributed by atoms with van der Waals surface area (Å²) in [5, 5.41) is 9.40. The van der Waals surface area contributed by atoms with Gasteiger partial charge in [-0.25, -0.2) is 8.42 Å². The zero-order chi connectivity index (χ0) is 13.6. The van der Waals surface area contributed by atoms with Gasteiger partial charge in [0.2, 0.25) is 0 Å². The summed E-state index contributed by atoms with van der Waals surface area (Å²) in [5.74, 6) is -0.928. The van der Waals surface area contributed by atoms with E-state index in [0.717, 1.165) is 18.2 Å². The van der Waals surface area contributed by atoms with E-state index >= 15 is 0 Å². The van der Waals surface area contributed by atoms with Crippen molar-refractivity contribution in [2.45, 2.75) is 36.5 Å². The van der Waals surface area contributed by atoms with Crippen LogP contribution in [0, 0.1) is 6.92 Å². The van der Waals surface area contributed by atoms with Crippen molar-refractivity contribution in [3.05, 3.63) is 29.3 Å². The molecular formula is C13H16O4S. The summed E-state index contributed by atoms with van der Waals surface area (Å²) in [6.45, 7) is 1.80. The van der Waals surface area contributed by atoms with E-state index in [1.54, 1.807) is 25.1 Å². The second-order valence-corrected chi connectivity index (χ2v) is 7.00. The topological polar surface area (TPSA) is 71.4 Å². The number of carboxylic acid groups (broad SMARTS) is 1. The van der Waals surface area contributed by atoms with Crippen LogP contribution in [0.1, 0.15) is 30.4 Å². The van der Waals surface area contributed by atoms with Crippen LogP contribution in [0.5, 0.6) is 0 Å². The van der Waals surface area contributed by atoms with Crippen LogP contribution in [0.15, 0.2) is 23.1 Å². The van der Waals surface area contributed by atoms with Gasteiger partial charge in [-0.05, 0) is 37.0 Å². The predicted molar refractivity (Wildman–Crippen MR) is 67.5 cm³/mol. The van der Waals surface area contributed by atoms with Gasteiger partial charge in [0, 0.05) is 6.26 Å². The van der Waals surface area contributed by atoms with Crippen LogP contribution in [0.25, 0.3) is 0 Å². The fraction of sp³-hybridized carbons (Fsp3) is 0.462. The Hall–Kier alpha value is -1.36. The van der Waals surface area contributed by atoms with Crippen molar-refractivity contribution in [1.82, 2.24) is 0 Å². The number of aliphatic carboxylic acids is 1. The minimum atomic E-state index is -3.41. The summed E-state index contributed by atoms with van der Waals surface area (Å²) in [6.07, 6.45) is 2.96. The van der Waals surface area contributed by atoms with E-state index in [-0.39, 0.29) is 4.90 Å². The molecule has 1 fully saturated rings. The molecule has 0 saturated heterocycles. The fourth-order valence-electron chi connectivity index (χ4n) is 2.46. The second-order valence-electron chi connectivity index (χ2n) is 5.01. The molecule has 2 rings (SSSR count). The molecule has 1 saturated carbocycles. The lowest BCUT2D eigenvalue weighted by Gasteiger charge is -2.39. The average Bonchev–Trinajstić information content (AvgIpc) is 2.16. The molecule has 0 amide bonds. The zero-order valence-electron chi connectivity index (χ0n) is 10.4. The van der Waals surface area contributed by atoms with Gasteiger partial charge in [0.15, 0.2) is 9.84 Å². The normalized spacial score (nSPS) is 18.1. The van der Waals surface area contributed by atoms with Gasteiger partial charge in [0.1, 0.15) is 0 Å². The Morgan fingerprint density at radius 1 is 1.33 bits per heavy atom. The van der Waals surface area contributed by atoms with E-state index in [1.807, 2.05) is 0 Å². The third-order valence-electron chi connectivity index (χ3n) is 3.67. The van der Waals surface area contributed by atoms with Gasteiger partial charge in [-0.3, -0.25) is 4.79 Å². The summed E-state index contributed by atoms with van der Waals surface area (Å²) in [6, 6.07) is 4.99. The van der Waals surface area contributed by atoms with Gasteiger partial charge < -0.3 is 5.11 Å². The Labute approximate surface area is 107 Å². The highest BCUT2D eigenvalue weighted by Crippen LogP contribution is 2.46. The highest BCUT2D eigenvalue weighted by atomic mass is 32.2. The van der Waals surface area contributed by atoms with Crippen molar-refractivity contribution in [2.24, 2.45) is 0 Å². The summed E-state index contributed by atoms with van der Waals surface area (Å²) in [5.41, 5.74) is 0.250. The van der Waals surface area contributed by atoms with Crippen LogP contribution in [0.3, 0.4) is 0 Å². The molecule has 0 spiro atoms. The first-order valence-corrected chi connectivity index (χ1v) is 7.71. The molecule has 4 nitrogen and oxygen atoms in total. The summed E-state index contributed by atoms with van der Waals surface area (Å²) in [7, 11) is -3.41. The average molecular weight is 268 g/mol. The Balaban J connectivity index is 2.68. The molecule has 1 aliphatic carbocycles. The third-order valence-corrected chi connectivity index (χ3v) is 4.81. The molecule has 0 aliphatic heterocycles. The number of sulfone groups is 1. The van der Waals surface area contributed by atoms with Crippen molar-refractivity contribution in [2.75, 3.05) is 6.26 Å². The number of aryl methyl sites for hydroxylation is 1. The Morgan fingerprint density at radius 3 is 2.33 bits per heavy atom. The molecule has 18 heavy (non-hydrogen) atoms. The molecule has 0 heterocycles. The Bertz CT molecular complexity index is 597. The van der Waals surface area contributed by atoms with Gasteiger partial charge in [-0.1, -0.05) is 18.6 Å². The molecule has 0 atom stereocenters. The quantitative estimate of drug-likeness (QED) is 0.909. The first kappa shape index (κ1) is 13.1. The maximum absolute atomic E-state index is 11.8. The first-order chi connectivity index (χ1) is 8.27. The van der Waals surface area contributed by atoms with Crippen molar-refractivity contribution < 1.29 is 18.3 Å². The summed E-state index contributed by atoms with van der Waals surface area (Å²) >= 11 is 0. The largest absolute Gasteiger partial charge is 0.481 e. The van der Waals surface area contributed by atoms with E-state index in [9.17, 15) is 18.3 Å². The van der Waals surface area contributed by atoms with Crippen molar-refractivity contribution in [3.8, 4) is 0 Å². The van der Waals surface area contributed by atoms with E-state index < -0.39 is 21.2 Å². The lowest BCUT2D eigenvalue weighted by atomic mass is 9.64. The second kappa shape index (κ2) is 4.09. The van der Waals surface area contributed by atoms with Gasteiger partial charge in [0.05, 0.1) is 10.3 Å². The summed E-state index contributed by atoms with van der Waals surface area (Å²) < 4.78 is 23.6. The Morgan fingerprint density at radius 2 is 1.94 bits per heavy atom. The minimum Gasteiger partial charge on any atom is -0.481 e. The predicted octanol–water partition coefficient (Wildman–Crippen LogP) is 1.90. The van der Waals surface area contributed by atoms with Crippen LogP contribution < -0.4 is 0 Å². The van der Waals surface area contributed by atoms with E-state index in [0.29, 0.717) is 18.4 Å². The number of carbonyl (C=O) groups is 1. The highest BCUT2D eigenvalue weighted by Gasteiger charge is 2.48. The lowest BCUT2D eigenvalue weighted by molar-refractivity contribution is -0.147. The SMILES string of the molecule is Cc1ccc(C2(C(=O)O)CCC2)c(S(C)(=O)=O)c1. The molecule has 1 aromatic carbocycles. The van der Waals surface area contributed by atoms with Gasteiger partial charge in [0.25, 0.3) is 0 Å². The Kier molecular flexibility index (Phi) is 2.97. The van der Waals surface area contributed by atoms with Crippen LogP contribution in [-0.2, 0) is 20.0 Å². The molecule has 1 aromatic rings. The smallest absolute Gasteiger partial charge is 0.314 e. The number of benzene rings is 1. The number of carboxylic acids is 1. The number of hydrogen-bond acceptors (Lipinski definition) is 3. The maximum atomic E-state index is 11.8. The monoisotopic (exact) mass is 268 g/mol. The zero-order valence-corrected chi connectivity index (χ0v) is 11.3. The minimum absolute atomic E-state index is 0.157. The standard InChI is InChI=1S/C13H16O4S/c1-9-4-5-10(11(8-9)18(2,16)17)13(12(14)15)6-3-7-13/h4-5,8H,3,6-7H2,1-2H3,(H,14,15). The number of hydrogen-bond donors (Lipinski definition) is 1. The van der Waals surface area contributed by atoms with E-state index in [1.165, 1.54) is 0 Å². The lowest BCUT2D eigenvalue weighted by Crippen LogP contribution is -2.43. The molecule has 5 heteroatoms.